The van der Waals surface area contributed by atoms with Crippen molar-refractivity contribution in [3.63, 3.8) is 0 Å². The molecule has 3 rings (SSSR count). The van der Waals surface area contributed by atoms with Crippen molar-refractivity contribution in [1.29, 1.82) is 0 Å². The molecule has 158 valence electrons. The number of carbonyl (C=O) groups is 3. The second-order valence-electron chi connectivity index (χ2n) is 6.77. The minimum absolute atomic E-state index is 0.113. The zero-order chi connectivity index (χ0) is 21.5. The van der Waals surface area contributed by atoms with Crippen molar-refractivity contribution in [2.75, 3.05) is 20.8 Å². The second-order valence-corrected chi connectivity index (χ2v) is 6.77. The quantitative estimate of drug-likeness (QED) is 0.600. The number of ether oxygens (including phenoxy) is 2. The summed E-state index contributed by atoms with van der Waals surface area (Å²) >= 11 is 0. The van der Waals surface area contributed by atoms with E-state index in [1.165, 1.54) is 0 Å². The van der Waals surface area contributed by atoms with Crippen LogP contribution >= 0.6 is 0 Å². The van der Waals surface area contributed by atoms with E-state index in [0.717, 1.165) is 16.0 Å². The van der Waals surface area contributed by atoms with Crippen molar-refractivity contribution in [3.8, 4) is 11.5 Å². The van der Waals surface area contributed by atoms with E-state index in [4.69, 9.17) is 9.47 Å². The maximum absolute atomic E-state index is 12.6. The van der Waals surface area contributed by atoms with Gasteiger partial charge in [0.25, 0.3) is 5.91 Å². The van der Waals surface area contributed by atoms with Crippen molar-refractivity contribution in [3.05, 3.63) is 53.9 Å². The third-order valence-electron chi connectivity index (χ3n) is 4.78. The van der Waals surface area contributed by atoms with Crippen molar-refractivity contribution in [2.45, 2.75) is 25.4 Å². The molecule has 1 saturated heterocycles. The molecule has 1 fully saturated rings. The number of amides is 4. The highest BCUT2D eigenvalue weighted by Crippen LogP contribution is 2.27. The first-order valence-corrected chi connectivity index (χ1v) is 9.50. The Morgan fingerprint density at radius 2 is 1.97 bits per heavy atom. The fourth-order valence-corrected chi connectivity index (χ4v) is 3.16. The van der Waals surface area contributed by atoms with Gasteiger partial charge in [-0.1, -0.05) is 12.1 Å². The molecule has 2 heterocycles. The van der Waals surface area contributed by atoms with Crippen molar-refractivity contribution in [2.24, 2.45) is 0 Å². The SMILES string of the molecule is COc1ccc(CCN2C(=O)N[C@H](CC(=O)NCc3cccnc3)C2=O)cc1OC. The molecule has 0 aliphatic carbocycles. The molecule has 0 bridgehead atoms. The van der Waals surface area contributed by atoms with Crippen molar-refractivity contribution < 1.29 is 23.9 Å². The van der Waals surface area contributed by atoms with Gasteiger partial charge in [-0.05, 0) is 35.7 Å². The summed E-state index contributed by atoms with van der Waals surface area (Å²) in [4.78, 5) is 42.1. The summed E-state index contributed by atoms with van der Waals surface area (Å²) in [6, 6.07) is 7.69. The molecule has 9 nitrogen and oxygen atoms in total. The standard InChI is InChI=1S/C21H24N4O5/c1-29-17-6-5-14(10-18(17)30-2)7-9-25-20(27)16(24-21(25)28)11-19(26)23-13-15-4-3-8-22-12-15/h3-6,8,10,12,16H,7,9,11,13H2,1-2H3,(H,23,26)(H,24,28)/t16-/m1/s1. The van der Waals surface area contributed by atoms with E-state index in [1.54, 1.807) is 44.8 Å². The normalized spacial score (nSPS) is 15.7. The Bertz CT molecular complexity index is 919. The molecule has 1 aliphatic heterocycles. The average molecular weight is 412 g/mol. The monoisotopic (exact) mass is 412 g/mol. The van der Waals surface area contributed by atoms with Crippen LogP contribution in [0.5, 0.6) is 11.5 Å². The van der Waals surface area contributed by atoms with E-state index in [0.29, 0.717) is 24.5 Å². The third kappa shape index (κ3) is 5.05. The minimum atomic E-state index is -0.864. The van der Waals surface area contributed by atoms with Crippen molar-refractivity contribution >= 4 is 17.8 Å². The van der Waals surface area contributed by atoms with Crippen LogP contribution in [0, 0.1) is 0 Å². The highest BCUT2D eigenvalue weighted by molar-refractivity contribution is 6.05. The lowest BCUT2D eigenvalue weighted by Crippen LogP contribution is -2.36. The van der Waals surface area contributed by atoms with Gasteiger partial charge in [0.2, 0.25) is 5.91 Å². The number of benzene rings is 1. The van der Waals surface area contributed by atoms with Gasteiger partial charge >= 0.3 is 6.03 Å². The molecule has 2 N–H and O–H groups in total. The van der Waals surface area contributed by atoms with Gasteiger partial charge < -0.3 is 20.1 Å². The third-order valence-corrected chi connectivity index (χ3v) is 4.78. The molecule has 1 aromatic heterocycles. The maximum Gasteiger partial charge on any atom is 0.324 e. The number of nitrogens with zero attached hydrogens (tertiary/aromatic N) is 2. The maximum atomic E-state index is 12.6. The molecule has 0 unspecified atom stereocenters. The zero-order valence-corrected chi connectivity index (χ0v) is 16.9. The van der Waals surface area contributed by atoms with Gasteiger partial charge in [0.1, 0.15) is 6.04 Å². The van der Waals surface area contributed by atoms with Crippen LogP contribution in [-0.2, 0) is 22.6 Å². The second kappa shape index (κ2) is 9.73. The lowest BCUT2D eigenvalue weighted by molar-refractivity contribution is -0.130. The van der Waals surface area contributed by atoms with Gasteiger partial charge in [-0.2, -0.15) is 0 Å². The Kier molecular flexibility index (Phi) is 6.84. The first-order chi connectivity index (χ1) is 14.5. The molecule has 1 atom stereocenters. The first-order valence-electron chi connectivity index (χ1n) is 9.50. The summed E-state index contributed by atoms with van der Waals surface area (Å²) in [5, 5.41) is 5.31. The average Bonchev–Trinajstić information content (AvgIpc) is 3.03. The molecule has 4 amide bonds. The van der Waals surface area contributed by atoms with Crippen LogP contribution < -0.4 is 20.1 Å². The number of aromatic nitrogens is 1. The Balaban J connectivity index is 1.52. The smallest absolute Gasteiger partial charge is 0.324 e. The van der Waals surface area contributed by atoms with Crippen LogP contribution in [0.15, 0.2) is 42.7 Å². The van der Waals surface area contributed by atoms with Gasteiger partial charge in [0, 0.05) is 25.5 Å². The summed E-state index contributed by atoms with van der Waals surface area (Å²) in [5.41, 5.74) is 1.75. The van der Waals surface area contributed by atoms with E-state index < -0.39 is 18.0 Å². The summed E-state index contributed by atoms with van der Waals surface area (Å²) in [6.07, 6.45) is 3.64. The minimum Gasteiger partial charge on any atom is -0.493 e. The van der Waals surface area contributed by atoms with Crippen LogP contribution in [0.4, 0.5) is 4.79 Å². The predicted octanol–water partition coefficient (Wildman–Crippen LogP) is 1.27. The Labute approximate surface area is 174 Å². The first kappa shape index (κ1) is 21.1. The molecule has 1 aromatic carbocycles. The highest BCUT2D eigenvalue weighted by atomic mass is 16.5. The zero-order valence-electron chi connectivity index (χ0n) is 16.9. The van der Waals surface area contributed by atoms with Crippen LogP contribution in [0.1, 0.15) is 17.5 Å². The Hall–Kier alpha value is -3.62. The van der Waals surface area contributed by atoms with Gasteiger partial charge in [0.05, 0.1) is 20.6 Å². The number of pyridine rings is 1. The topological polar surface area (TPSA) is 110 Å². The number of methoxy groups -OCH3 is 2. The Morgan fingerprint density at radius 3 is 2.67 bits per heavy atom. The molecule has 0 saturated carbocycles. The van der Waals surface area contributed by atoms with Crippen LogP contribution in [0.25, 0.3) is 0 Å². The Morgan fingerprint density at radius 1 is 1.17 bits per heavy atom. The number of nitrogens with one attached hydrogen (secondary N) is 2. The molecule has 9 heteroatoms. The molecule has 0 spiro atoms. The van der Waals surface area contributed by atoms with E-state index in [2.05, 4.69) is 15.6 Å². The lowest BCUT2D eigenvalue weighted by Gasteiger charge is -2.14. The number of hydrogen-bond acceptors (Lipinski definition) is 6. The van der Waals surface area contributed by atoms with Crippen LogP contribution in [0.3, 0.4) is 0 Å². The van der Waals surface area contributed by atoms with Crippen LogP contribution in [-0.4, -0.2) is 54.5 Å². The molecule has 30 heavy (non-hydrogen) atoms. The fourth-order valence-electron chi connectivity index (χ4n) is 3.16. The molecule has 1 aliphatic rings. The number of rotatable bonds is 9. The molecular formula is C21H24N4O5. The number of hydrogen-bond donors (Lipinski definition) is 2. The summed E-state index contributed by atoms with van der Waals surface area (Å²) in [6.45, 7) is 0.512. The highest BCUT2D eigenvalue weighted by Gasteiger charge is 2.38. The number of urea groups is 1. The van der Waals surface area contributed by atoms with E-state index in [1.807, 2.05) is 12.1 Å². The fraction of sp³-hybridized carbons (Fsp3) is 0.333. The lowest BCUT2D eigenvalue weighted by atomic mass is 10.1. The summed E-state index contributed by atoms with van der Waals surface area (Å²) in [5.74, 6) is 0.459. The molecular weight excluding hydrogens is 388 g/mol. The molecule has 2 aromatic rings. The van der Waals surface area contributed by atoms with E-state index in [-0.39, 0.29) is 18.9 Å². The van der Waals surface area contributed by atoms with Crippen LogP contribution in [0.2, 0.25) is 0 Å². The number of carbonyl (C=O) groups excluding carboxylic acids is 3. The molecule has 0 radical (unpaired) electrons. The summed E-state index contributed by atoms with van der Waals surface area (Å²) < 4.78 is 10.5. The predicted molar refractivity (Wildman–Crippen MR) is 108 cm³/mol. The largest absolute Gasteiger partial charge is 0.493 e. The van der Waals surface area contributed by atoms with E-state index >= 15 is 0 Å². The van der Waals surface area contributed by atoms with E-state index in [9.17, 15) is 14.4 Å². The summed E-state index contributed by atoms with van der Waals surface area (Å²) in [7, 11) is 3.10. The van der Waals surface area contributed by atoms with Gasteiger partial charge in [-0.15, -0.1) is 0 Å². The van der Waals surface area contributed by atoms with Crippen molar-refractivity contribution in [1.82, 2.24) is 20.5 Å². The number of imide groups is 1. The van der Waals surface area contributed by atoms with Gasteiger partial charge in [-0.25, -0.2) is 4.79 Å². The van der Waals surface area contributed by atoms with Gasteiger partial charge in [-0.3, -0.25) is 19.5 Å². The van der Waals surface area contributed by atoms with Gasteiger partial charge in [0.15, 0.2) is 11.5 Å².